The quantitative estimate of drug-likeness (QED) is 0.606. The Hall–Kier alpha value is -0.830. The van der Waals surface area contributed by atoms with Crippen LogP contribution < -0.4 is 10.6 Å². The minimum absolute atomic E-state index is 0.399. The molecule has 1 aromatic carbocycles. The van der Waals surface area contributed by atoms with Crippen molar-refractivity contribution in [3.63, 3.8) is 0 Å². The van der Waals surface area contributed by atoms with Crippen molar-refractivity contribution in [2.75, 3.05) is 11.9 Å². The Balaban J connectivity index is 2.65. The van der Waals surface area contributed by atoms with Crippen LogP contribution in [0.3, 0.4) is 0 Å². The van der Waals surface area contributed by atoms with Crippen LogP contribution in [0.1, 0.15) is 0 Å². The van der Waals surface area contributed by atoms with Crippen LogP contribution in [0.25, 0.3) is 0 Å². The van der Waals surface area contributed by atoms with E-state index in [1.165, 1.54) is 0 Å². The third-order valence-corrected chi connectivity index (χ3v) is 3.46. The molecule has 0 spiro atoms. The molecule has 1 atom stereocenters. The van der Waals surface area contributed by atoms with E-state index in [1.54, 1.807) is 12.1 Å². The molecule has 0 saturated carbocycles. The predicted octanol–water partition coefficient (Wildman–Crippen LogP) is 2.43. The zero-order valence-electron chi connectivity index (χ0n) is 9.28. The van der Waals surface area contributed by atoms with Crippen molar-refractivity contribution in [1.82, 2.24) is 5.32 Å². The molecule has 0 aliphatic rings. The van der Waals surface area contributed by atoms with Crippen LogP contribution in [0.5, 0.6) is 0 Å². The number of hydrogen-bond donors (Lipinski definition) is 4. The second kappa shape index (κ2) is 7.09. The largest absolute Gasteiger partial charge is 0.479 e. The number of rotatable bonds is 4. The highest BCUT2D eigenvalue weighted by Gasteiger charge is 2.15. The Kier molecular flexibility index (Phi) is 6.05. The molecule has 9 heteroatoms. The summed E-state index contributed by atoms with van der Waals surface area (Å²) in [5.74, 6) is -1.41. The first kappa shape index (κ1) is 16.2. The maximum absolute atomic E-state index is 11.5. The second-order valence-corrected chi connectivity index (χ2v) is 5.58. The molecule has 104 valence electrons. The number of aliphatic carboxylic acids is 1. The minimum atomic E-state index is -1.65. The topological polar surface area (TPSA) is 98.7 Å². The molecule has 2 amide bonds. The predicted molar refractivity (Wildman–Crippen MR) is 77.5 cm³/mol. The molecule has 0 aromatic heterocycles. The summed E-state index contributed by atoms with van der Waals surface area (Å²) in [5.41, 5.74) is 0.437. The number of carboxylic acids is 1. The third-order valence-electron chi connectivity index (χ3n) is 1.99. The molecule has 0 aliphatic heterocycles. The van der Waals surface area contributed by atoms with Gasteiger partial charge < -0.3 is 20.8 Å². The van der Waals surface area contributed by atoms with E-state index in [2.05, 4.69) is 42.5 Å². The molecule has 6 nitrogen and oxygen atoms in total. The first-order chi connectivity index (χ1) is 8.81. The number of aliphatic hydroxyl groups excluding tert-OH is 1. The summed E-state index contributed by atoms with van der Waals surface area (Å²) in [5, 5.41) is 22.7. The van der Waals surface area contributed by atoms with E-state index < -0.39 is 24.6 Å². The van der Waals surface area contributed by atoms with Crippen LogP contribution in [0.2, 0.25) is 5.02 Å². The lowest BCUT2D eigenvalue weighted by molar-refractivity contribution is -0.146. The SMILES string of the molecule is O=C(NCC(O)C(=O)O)Nc1c(Br)cc(Cl)cc1Br. The lowest BCUT2D eigenvalue weighted by atomic mass is 10.3. The lowest BCUT2D eigenvalue weighted by Gasteiger charge is -2.12. The fraction of sp³-hybridized carbons (Fsp3) is 0.200. The number of anilines is 1. The van der Waals surface area contributed by atoms with Crippen molar-refractivity contribution in [2.45, 2.75) is 6.10 Å². The Morgan fingerprint density at radius 1 is 1.32 bits per heavy atom. The minimum Gasteiger partial charge on any atom is -0.479 e. The number of hydrogen-bond acceptors (Lipinski definition) is 3. The Morgan fingerprint density at radius 3 is 2.32 bits per heavy atom. The summed E-state index contributed by atoms with van der Waals surface area (Å²) < 4.78 is 1.11. The van der Waals surface area contributed by atoms with Crippen molar-refractivity contribution < 1.29 is 19.8 Å². The van der Waals surface area contributed by atoms with Gasteiger partial charge >= 0.3 is 12.0 Å². The van der Waals surface area contributed by atoms with Crippen molar-refractivity contribution in [3.05, 3.63) is 26.1 Å². The van der Waals surface area contributed by atoms with Gasteiger partial charge in [-0.25, -0.2) is 9.59 Å². The molecule has 0 saturated heterocycles. The average Bonchev–Trinajstić information content (AvgIpc) is 2.30. The lowest BCUT2D eigenvalue weighted by Crippen LogP contribution is -2.38. The number of nitrogens with one attached hydrogen (secondary N) is 2. The van der Waals surface area contributed by atoms with Gasteiger partial charge in [-0.2, -0.15) is 0 Å². The van der Waals surface area contributed by atoms with E-state index in [0.717, 1.165) is 0 Å². The molecule has 0 heterocycles. The summed E-state index contributed by atoms with van der Waals surface area (Å²) in [7, 11) is 0. The molecular weight excluding hydrogens is 407 g/mol. The van der Waals surface area contributed by atoms with Gasteiger partial charge in [0.05, 0.1) is 12.2 Å². The normalized spacial score (nSPS) is 11.8. The van der Waals surface area contributed by atoms with Gasteiger partial charge in [-0.15, -0.1) is 0 Å². The summed E-state index contributed by atoms with van der Waals surface area (Å²) >= 11 is 12.3. The highest BCUT2D eigenvalue weighted by molar-refractivity contribution is 9.11. The molecule has 0 fully saturated rings. The van der Waals surface area contributed by atoms with Crippen LogP contribution >= 0.6 is 43.5 Å². The van der Waals surface area contributed by atoms with Gasteiger partial charge in [0.2, 0.25) is 0 Å². The van der Waals surface area contributed by atoms with Gasteiger partial charge in [0, 0.05) is 14.0 Å². The van der Waals surface area contributed by atoms with Crippen LogP contribution in [0.4, 0.5) is 10.5 Å². The third kappa shape index (κ3) is 4.98. The van der Waals surface area contributed by atoms with E-state index in [-0.39, 0.29) is 0 Å². The second-order valence-electron chi connectivity index (χ2n) is 3.43. The van der Waals surface area contributed by atoms with E-state index >= 15 is 0 Å². The van der Waals surface area contributed by atoms with Crippen molar-refractivity contribution in [1.29, 1.82) is 0 Å². The maximum Gasteiger partial charge on any atom is 0.334 e. The number of amides is 2. The Bertz CT molecular complexity index is 489. The zero-order valence-corrected chi connectivity index (χ0v) is 13.2. The van der Waals surface area contributed by atoms with Crippen molar-refractivity contribution in [2.24, 2.45) is 0 Å². The monoisotopic (exact) mass is 414 g/mol. The molecular formula is C10H9Br2ClN2O4. The smallest absolute Gasteiger partial charge is 0.334 e. The molecule has 1 rings (SSSR count). The summed E-state index contributed by atoms with van der Waals surface area (Å²) in [6.07, 6.45) is -1.65. The van der Waals surface area contributed by atoms with E-state index in [9.17, 15) is 9.59 Å². The number of carbonyl (C=O) groups excluding carboxylic acids is 1. The molecule has 1 unspecified atom stereocenters. The maximum atomic E-state index is 11.5. The molecule has 19 heavy (non-hydrogen) atoms. The summed E-state index contributed by atoms with van der Waals surface area (Å²) in [4.78, 5) is 21.9. The molecule has 0 radical (unpaired) electrons. The first-order valence-corrected chi connectivity index (χ1v) is 6.88. The van der Waals surface area contributed by atoms with Gasteiger partial charge in [0.15, 0.2) is 6.10 Å². The molecule has 4 N–H and O–H groups in total. The number of aliphatic hydroxyl groups is 1. The van der Waals surface area contributed by atoms with E-state index in [1.807, 2.05) is 0 Å². The van der Waals surface area contributed by atoms with Crippen molar-refractivity contribution >= 4 is 61.1 Å². The number of halogens is 3. The van der Waals surface area contributed by atoms with E-state index in [0.29, 0.717) is 19.7 Å². The Morgan fingerprint density at radius 2 is 1.84 bits per heavy atom. The number of benzene rings is 1. The van der Waals surface area contributed by atoms with Gasteiger partial charge in [-0.05, 0) is 44.0 Å². The van der Waals surface area contributed by atoms with Crippen molar-refractivity contribution in [3.8, 4) is 0 Å². The molecule has 0 bridgehead atoms. The Labute approximate surface area is 130 Å². The summed E-state index contributed by atoms with van der Waals surface area (Å²) in [6, 6.07) is 2.53. The van der Waals surface area contributed by atoms with Crippen LogP contribution in [-0.2, 0) is 4.79 Å². The average molecular weight is 416 g/mol. The zero-order chi connectivity index (χ0) is 14.6. The number of carboxylic acid groups (broad SMARTS) is 1. The van der Waals surface area contributed by atoms with E-state index in [4.69, 9.17) is 21.8 Å². The summed E-state index contributed by atoms with van der Waals surface area (Å²) in [6.45, 7) is -0.399. The van der Waals surface area contributed by atoms with Crippen LogP contribution in [-0.4, -0.2) is 34.9 Å². The van der Waals surface area contributed by atoms with Gasteiger partial charge in [-0.1, -0.05) is 11.6 Å². The fourth-order valence-corrected chi connectivity index (χ4v) is 2.96. The fourth-order valence-electron chi connectivity index (χ4n) is 1.10. The molecule has 0 aliphatic carbocycles. The van der Waals surface area contributed by atoms with Gasteiger partial charge in [-0.3, -0.25) is 0 Å². The number of urea groups is 1. The highest BCUT2D eigenvalue weighted by Crippen LogP contribution is 2.34. The van der Waals surface area contributed by atoms with Crippen LogP contribution in [0, 0.1) is 0 Å². The standard InChI is InChI=1S/C10H9Br2ClN2O4/c11-5-1-4(13)2-6(12)8(5)15-10(19)14-3-7(16)9(17)18/h1-2,7,16H,3H2,(H,17,18)(H2,14,15,19). The number of carbonyl (C=O) groups is 2. The van der Waals surface area contributed by atoms with Crippen LogP contribution in [0.15, 0.2) is 21.1 Å². The highest BCUT2D eigenvalue weighted by atomic mass is 79.9. The van der Waals surface area contributed by atoms with Gasteiger partial charge in [0.1, 0.15) is 0 Å². The first-order valence-electron chi connectivity index (χ1n) is 4.91. The molecule has 1 aromatic rings. The van der Waals surface area contributed by atoms with Gasteiger partial charge in [0.25, 0.3) is 0 Å².